The summed E-state index contributed by atoms with van der Waals surface area (Å²) in [5.41, 5.74) is 0.598. The van der Waals surface area contributed by atoms with Gasteiger partial charge in [-0.05, 0) is 53.8 Å². The number of rotatable bonds is 3. The summed E-state index contributed by atoms with van der Waals surface area (Å²) in [7, 11) is 0. The number of nitriles is 1. The zero-order valence-electron chi connectivity index (χ0n) is 10.8. The molecular weight excluding hydrogens is 316 g/mol. The van der Waals surface area contributed by atoms with Crippen LogP contribution >= 0.6 is 15.9 Å². The highest BCUT2D eigenvalue weighted by molar-refractivity contribution is 9.10. The van der Waals surface area contributed by atoms with Crippen molar-refractivity contribution in [3.8, 4) is 6.07 Å². The normalized spacial score (nSPS) is 15.6. The van der Waals surface area contributed by atoms with Gasteiger partial charge in [0.25, 0.3) is 5.91 Å². The number of benzene rings is 2. The Hall–Kier alpha value is -1.86. The van der Waals surface area contributed by atoms with Crippen LogP contribution in [0.5, 0.6) is 0 Å². The highest BCUT2D eigenvalue weighted by Gasteiger charge is 2.32. The van der Waals surface area contributed by atoms with E-state index in [0.717, 1.165) is 28.1 Å². The standard InChI is InChI=1S/C16H13BrN2O/c17-14-6-5-11-7-13(4-3-12(11)8-14)16(20)19-15(9-18)10-1-2-10/h3-8,10,15H,1-2H2,(H,19,20). The van der Waals surface area contributed by atoms with Gasteiger partial charge in [-0.15, -0.1) is 0 Å². The molecule has 1 unspecified atom stereocenters. The van der Waals surface area contributed by atoms with Crippen molar-refractivity contribution in [1.82, 2.24) is 5.32 Å². The number of carbonyl (C=O) groups excluding carboxylic acids is 1. The van der Waals surface area contributed by atoms with Crippen LogP contribution in [-0.2, 0) is 0 Å². The topological polar surface area (TPSA) is 52.9 Å². The molecule has 3 rings (SSSR count). The monoisotopic (exact) mass is 328 g/mol. The third-order valence-corrected chi connectivity index (χ3v) is 4.08. The van der Waals surface area contributed by atoms with Crippen molar-refractivity contribution in [3.63, 3.8) is 0 Å². The van der Waals surface area contributed by atoms with E-state index in [0.29, 0.717) is 11.5 Å². The number of carbonyl (C=O) groups is 1. The number of hydrogen-bond acceptors (Lipinski definition) is 2. The van der Waals surface area contributed by atoms with E-state index >= 15 is 0 Å². The van der Waals surface area contributed by atoms with E-state index in [-0.39, 0.29) is 11.9 Å². The van der Waals surface area contributed by atoms with Gasteiger partial charge in [-0.25, -0.2) is 0 Å². The molecule has 1 amide bonds. The molecule has 0 bridgehead atoms. The lowest BCUT2D eigenvalue weighted by atomic mass is 10.1. The fraction of sp³-hybridized carbons (Fsp3) is 0.250. The lowest BCUT2D eigenvalue weighted by molar-refractivity contribution is 0.0942. The second-order valence-electron chi connectivity index (χ2n) is 5.12. The van der Waals surface area contributed by atoms with Gasteiger partial charge in [0, 0.05) is 10.0 Å². The third kappa shape index (κ3) is 2.68. The summed E-state index contributed by atoms with van der Waals surface area (Å²) in [6.07, 6.45) is 2.06. The van der Waals surface area contributed by atoms with Crippen LogP contribution in [0.4, 0.5) is 0 Å². The van der Waals surface area contributed by atoms with E-state index in [1.807, 2.05) is 30.3 Å². The van der Waals surface area contributed by atoms with Gasteiger partial charge in [0.2, 0.25) is 0 Å². The summed E-state index contributed by atoms with van der Waals surface area (Å²) in [4.78, 5) is 12.2. The van der Waals surface area contributed by atoms with Gasteiger partial charge in [-0.1, -0.05) is 28.1 Å². The van der Waals surface area contributed by atoms with E-state index in [9.17, 15) is 4.79 Å². The lowest BCUT2D eigenvalue weighted by Gasteiger charge is -2.11. The van der Waals surface area contributed by atoms with Crippen LogP contribution in [0.15, 0.2) is 40.9 Å². The Morgan fingerprint density at radius 3 is 2.65 bits per heavy atom. The van der Waals surface area contributed by atoms with Gasteiger partial charge >= 0.3 is 0 Å². The first-order chi connectivity index (χ1) is 9.67. The average molecular weight is 329 g/mol. The Balaban J connectivity index is 1.84. The van der Waals surface area contributed by atoms with Crippen molar-refractivity contribution in [2.45, 2.75) is 18.9 Å². The quantitative estimate of drug-likeness (QED) is 0.935. The molecule has 0 saturated heterocycles. The van der Waals surface area contributed by atoms with Crippen molar-refractivity contribution in [2.24, 2.45) is 5.92 Å². The predicted octanol–water partition coefficient (Wildman–Crippen LogP) is 3.63. The first kappa shape index (κ1) is 13.1. The second-order valence-corrected chi connectivity index (χ2v) is 6.04. The maximum Gasteiger partial charge on any atom is 0.252 e. The first-order valence-corrected chi connectivity index (χ1v) is 7.36. The third-order valence-electron chi connectivity index (χ3n) is 3.58. The van der Waals surface area contributed by atoms with Gasteiger partial charge in [-0.3, -0.25) is 4.79 Å². The number of nitrogens with zero attached hydrogens (tertiary/aromatic N) is 1. The maximum atomic E-state index is 12.2. The Bertz CT molecular complexity index is 716. The number of nitrogens with one attached hydrogen (secondary N) is 1. The zero-order chi connectivity index (χ0) is 14.1. The number of halogens is 1. The van der Waals surface area contributed by atoms with Gasteiger partial charge < -0.3 is 5.32 Å². The molecule has 2 aromatic carbocycles. The van der Waals surface area contributed by atoms with Crippen molar-refractivity contribution >= 4 is 32.6 Å². The summed E-state index contributed by atoms with van der Waals surface area (Å²) in [5.74, 6) is 0.161. The smallest absolute Gasteiger partial charge is 0.252 e. The molecule has 0 aromatic heterocycles. The van der Waals surface area contributed by atoms with E-state index in [1.54, 1.807) is 6.07 Å². The van der Waals surface area contributed by atoms with E-state index in [4.69, 9.17) is 5.26 Å². The summed E-state index contributed by atoms with van der Waals surface area (Å²) in [6.45, 7) is 0. The summed E-state index contributed by atoms with van der Waals surface area (Å²) >= 11 is 3.43. The lowest BCUT2D eigenvalue weighted by Crippen LogP contribution is -2.35. The maximum absolute atomic E-state index is 12.2. The molecule has 1 atom stereocenters. The summed E-state index contributed by atoms with van der Waals surface area (Å²) in [5, 5.41) is 14.0. The molecule has 0 spiro atoms. The molecule has 1 fully saturated rings. The fourth-order valence-corrected chi connectivity index (χ4v) is 2.65. The van der Waals surface area contributed by atoms with Crippen LogP contribution in [0.3, 0.4) is 0 Å². The molecule has 1 N–H and O–H groups in total. The Kier molecular flexibility index (Phi) is 3.45. The SMILES string of the molecule is N#CC(NC(=O)c1ccc2cc(Br)ccc2c1)C1CC1. The molecule has 1 aliphatic rings. The molecule has 1 aliphatic carbocycles. The molecule has 20 heavy (non-hydrogen) atoms. The van der Waals surface area contributed by atoms with Gasteiger partial charge in [-0.2, -0.15) is 5.26 Å². The molecule has 2 aromatic rings. The van der Waals surface area contributed by atoms with Crippen molar-refractivity contribution < 1.29 is 4.79 Å². The molecule has 0 radical (unpaired) electrons. The summed E-state index contributed by atoms with van der Waals surface area (Å²) in [6, 6.07) is 13.3. The zero-order valence-corrected chi connectivity index (χ0v) is 12.4. The fourth-order valence-electron chi connectivity index (χ4n) is 2.27. The van der Waals surface area contributed by atoms with Crippen LogP contribution in [0.1, 0.15) is 23.2 Å². The Morgan fingerprint density at radius 1 is 1.25 bits per heavy atom. The van der Waals surface area contributed by atoms with Crippen molar-refractivity contribution in [3.05, 3.63) is 46.4 Å². The van der Waals surface area contributed by atoms with E-state index < -0.39 is 0 Å². The average Bonchev–Trinajstić information content (AvgIpc) is 3.28. The molecule has 3 nitrogen and oxygen atoms in total. The molecule has 0 heterocycles. The Morgan fingerprint density at radius 2 is 1.95 bits per heavy atom. The Labute approximate surface area is 125 Å². The van der Waals surface area contributed by atoms with Crippen LogP contribution in [0.25, 0.3) is 10.8 Å². The van der Waals surface area contributed by atoms with Crippen molar-refractivity contribution in [1.29, 1.82) is 5.26 Å². The van der Waals surface area contributed by atoms with Crippen LogP contribution in [0.2, 0.25) is 0 Å². The molecular formula is C16H13BrN2O. The molecule has 0 aliphatic heterocycles. The first-order valence-electron chi connectivity index (χ1n) is 6.57. The number of fused-ring (bicyclic) bond motifs is 1. The molecule has 1 saturated carbocycles. The van der Waals surface area contributed by atoms with Crippen LogP contribution in [0, 0.1) is 17.2 Å². The molecule has 100 valence electrons. The van der Waals surface area contributed by atoms with E-state index in [2.05, 4.69) is 27.3 Å². The largest absolute Gasteiger partial charge is 0.336 e. The highest BCUT2D eigenvalue weighted by atomic mass is 79.9. The minimum absolute atomic E-state index is 0.173. The minimum atomic E-state index is -0.358. The van der Waals surface area contributed by atoms with Crippen LogP contribution < -0.4 is 5.32 Å². The van der Waals surface area contributed by atoms with Gasteiger partial charge in [0.05, 0.1) is 6.07 Å². The van der Waals surface area contributed by atoms with Crippen molar-refractivity contribution in [2.75, 3.05) is 0 Å². The summed E-state index contributed by atoms with van der Waals surface area (Å²) < 4.78 is 1.01. The minimum Gasteiger partial charge on any atom is -0.336 e. The van der Waals surface area contributed by atoms with Gasteiger partial charge in [0.15, 0.2) is 0 Å². The predicted molar refractivity (Wildman–Crippen MR) is 81.2 cm³/mol. The second kappa shape index (κ2) is 5.26. The van der Waals surface area contributed by atoms with Crippen LogP contribution in [-0.4, -0.2) is 11.9 Å². The highest BCUT2D eigenvalue weighted by Crippen LogP contribution is 2.32. The van der Waals surface area contributed by atoms with Gasteiger partial charge in [0.1, 0.15) is 6.04 Å². The molecule has 4 heteroatoms. The number of hydrogen-bond donors (Lipinski definition) is 1. The van der Waals surface area contributed by atoms with E-state index in [1.165, 1.54) is 0 Å². The number of amides is 1.